The lowest BCUT2D eigenvalue weighted by molar-refractivity contribution is -0.142. The molecule has 2 amide bonds. The van der Waals surface area contributed by atoms with E-state index >= 15 is 0 Å². The number of hydrogen-bond donors (Lipinski definition) is 1. The summed E-state index contributed by atoms with van der Waals surface area (Å²) in [5.74, 6) is 0.883. The highest BCUT2D eigenvalue weighted by molar-refractivity contribution is 6.36. The lowest BCUT2D eigenvalue weighted by Crippen LogP contribution is -2.51. The molecule has 1 aliphatic carbocycles. The molecule has 2 aromatic carbocycles. The molecule has 190 valence electrons. The van der Waals surface area contributed by atoms with E-state index in [-0.39, 0.29) is 31.0 Å². The molecular weight excluding hydrogens is 491 g/mol. The monoisotopic (exact) mass is 522 g/mol. The number of rotatable bonds is 10. The molecule has 0 bridgehead atoms. The highest BCUT2D eigenvalue weighted by atomic mass is 35.5. The molecule has 2 aromatic rings. The summed E-state index contributed by atoms with van der Waals surface area (Å²) in [6, 6.07) is 9.54. The third kappa shape index (κ3) is 7.42. The van der Waals surface area contributed by atoms with Crippen molar-refractivity contribution >= 4 is 35.0 Å². The van der Waals surface area contributed by atoms with Gasteiger partial charge in [0.25, 0.3) is 5.91 Å². The fraction of sp³-hybridized carbons (Fsp3) is 0.462. The summed E-state index contributed by atoms with van der Waals surface area (Å²) < 4.78 is 16.3. The van der Waals surface area contributed by atoms with Crippen LogP contribution in [-0.4, -0.2) is 49.6 Å². The second-order valence-corrected chi connectivity index (χ2v) is 9.39. The molecule has 1 N–H and O–H groups in total. The highest BCUT2D eigenvalue weighted by Gasteiger charge is 2.29. The molecule has 0 radical (unpaired) electrons. The van der Waals surface area contributed by atoms with Crippen molar-refractivity contribution in [2.45, 2.75) is 57.7 Å². The molecule has 9 heteroatoms. The first-order chi connectivity index (χ1) is 16.8. The Balaban J connectivity index is 1.78. The number of ether oxygens (including phenoxy) is 3. The predicted octanol–water partition coefficient (Wildman–Crippen LogP) is 5.26. The van der Waals surface area contributed by atoms with Crippen LogP contribution in [-0.2, 0) is 16.1 Å². The molecule has 0 heterocycles. The maximum atomic E-state index is 13.4. The van der Waals surface area contributed by atoms with E-state index in [4.69, 9.17) is 37.4 Å². The summed E-state index contributed by atoms with van der Waals surface area (Å²) in [7, 11) is 3.07. The van der Waals surface area contributed by atoms with E-state index in [1.165, 1.54) is 25.5 Å². The van der Waals surface area contributed by atoms with Gasteiger partial charge in [0, 0.05) is 46.4 Å². The Morgan fingerprint density at radius 3 is 2.14 bits per heavy atom. The quantitative estimate of drug-likeness (QED) is 0.460. The first-order valence-electron chi connectivity index (χ1n) is 11.7. The lowest BCUT2D eigenvalue weighted by Gasteiger charge is -2.31. The second-order valence-electron chi connectivity index (χ2n) is 8.58. The molecule has 0 saturated heterocycles. The van der Waals surface area contributed by atoms with Crippen molar-refractivity contribution in [3.05, 3.63) is 52.0 Å². The van der Waals surface area contributed by atoms with Crippen LogP contribution in [0.2, 0.25) is 10.0 Å². The van der Waals surface area contributed by atoms with Crippen molar-refractivity contribution in [1.82, 2.24) is 10.2 Å². The third-order valence-corrected chi connectivity index (χ3v) is 6.90. The topological polar surface area (TPSA) is 77.1 Å². The van der Waals surface area contributed by atoms with Gasteiger partial charge in [-0.2, -0.15) is 0 Å². The number of nitrogens with one attached hydrogen (secondary N) is 1. The second kappa shape index (κ2) is 12.9. The zero-order valence-electron chi connectivity index (χ0n) is 20.3. The van der Waals surface area contributed by atoms with Crippen LogP contribution in [0.5, 0.6) is 17.2 Å². The summed E-state index contributed by atoms with van der Waals surface area (Å²) in [6.45, 7) is 1.48. The van der Waals surface area contributed by atoms with Gasteiger partial charge in [0.05, 0.1) is 14.2 Å². The summed E-state index contributed by atoms with van der Waals surface area (Å²) in [4.78, 5) is 27.9. The molecule has 1 saturated carbocycles. The van der Waals surface area contributed by atoms with Crippen molar-refractivity contribution in [3.63, 3.8) is 0 Å². The Kier molecular flexibility index (Phi) is 9.93. The molecular formula is C26H32Cl2N2O5. The van der Waals surface area contributed by atoms with Gasteiger partial charge in [-0.25, -0.2) is 0 Å². The number of carbonyl (C=O) groups excluding carboxylic acids is 2. The maximum absolute atomic E-state index is 13.4. The smallest absolute Gasteiger partial charge is 0.261 e. The zero-order chi connectivity index (χ0) is 25.4. The molecule has 1 fully saturated rings. The number of benzene rings is 2. The standard InChI is InChI=1S/C26H32Cl2N2O5/c1-17(26(32)29-18-8-5-4-6-9-18)30(15-22-23(27)10-7-11-24(22)28)25(31)16-35-21-13-19(33-2)12-20(14-21)34-3/h7,10-14,17-18H,4-6,8-9,15-16H2,1-3H3,(H,29,32). The van der Waals surface area contributed by atoms with Crippen molar-refractivity contribution < 1.29 is 23.8 Å². The number of halogens is 2. The van der Waals surface area contributed by atoms with E-state index in [9.17, 15) is 9.59 Å². The Hall–Kier alpha value is -2.64. The van der Waals surface area contributed by atoms with E-state index in [2.05, 4.69) is 5.32 Å². The fourth-order valence-corrected chi connectivity index (χ4v) is 4.61. The van der Waals surface area contributed by atoms with Gasteiger partial charge in [-0.05, 0) is 31.9 Å². The highest BCUT2D eigenvalue weighted by Crippen LogP contribution is 2.29. The number of amides is 2. The van der Waals surface area contributed by atoms with Gasteiger partial charge in [0.2, 0.25) is 5.91 Å². The minimum absolute atomic E-state index is 0.0708. The van der Waals surface area contributed by atoms with Gasteiger partial charge in [0.1, 0.15) is 23.3 Å². The Morgan fingerprint density at radius 2 is 1.57 bits per heavy atom. The molecule has 7 nitrogen and oxygen atoms in total. The first kappa shape index (κ1) is 27.0. The van der Waals surface area contributed by atoms with Crippen LogP contribution in [0, 0.1) is 0 Å². The van der Waals surface area contributed by atoms with Gasteiger partial charge in [0.15, 0.2) is 6.61 Å². The van der Waals surface area contributed by atoms with E-state index in [1.54, 1.807) is 43.3 Å². The van der Waals surface area contributed by atoms with Crippen LogP contribution in [0.4, 0.5) is 0 Å². The summed E-state index contributed by atoms with van der Waals surface area (Å²) in [5.41, 5.74) is 0.574. The van der Waals surface area contributed by atoms with Gasteiger partial charge < -0.3 is 24.4 Å². The number of carbonyl (C=O) groups is 2. The minimum Gasteiger partial charge on any atom is -0.496 e. The molecule has 1 aliphatic rings. The molecule has 35 heavy (non-hydrogen) atoms. The van der Waals surface area contributed by atoms with E-state index in [0.717, 1.165) is 25.7 Å². The average molecular weight is 523 g/mol. The lowest BCUT2D eigenvalue weighted by atomic mass is 9.95. The Morgan fingerprint density at radius 1 is 1.00 bits per heavy atom. The fourth-order valence-electron chi connectivity index (χ4n) is 4.10. The largest absolute Gasteiger partial charge is 0.496 e. The van der Waals surface area contributed by atoms with Crippen LogP contribution >= 0.6 is 23.2 Å². The van der Waals surface area contributed by atoms with E-state index < -0.39 is 6.04 Å². The molecule has 1 unspecified atom stereocenters. The van der Waals surface area contributed by atoms with Crippen LogP contribution < -0.4 is 19.5 Å². The normalized spacial score (nSPS) is 14.7. The van der Waals surface area contributed by atoms with Crippen LogP contribution in [0.1, 0.15) is 44.6 Å². The van der Waals surface area contributed by atoms with Crippen molar-refractivity contribution in [3.8, 4) is 17.2 Å². The average Bonchev–Trinajstić information content (AvgIpc) is 2.87. The SMILES string of the molecule is COc1cc(OC)cc(OCC(=O)N(Cc2c(Cl)cccc2Cl)C(C)C(=O)NC2CCCCC2)c1. The van der Waals surface area contributed by atoms with Crippen molar-refractivity contribution in [2.75, 3.05) is 20.8 Å². The first-order valence-corrected chi connectivity index (χ1v) is 12.5. The van der Waals surface area contributed by atoms with Gasteiger partial charge in [-0.15, -0.1) is 0 Å². The van der Waals surface area contributed by atoms with Crippen molar-refractivity contribution in [1.29, 1.82) is 0 Å². The molecule has 3 rings (SSSR count). The summed E-state index contributed by atoms with van der Waals surface area (Å²) in [6.07, 6.45) is 5.26. The summed E-state index contributed by atoms with van der Waals surface area (Å²) >= 11 is 12.8. The predicted molar refractivity (Wildman–Crippen MR) is 137 cm³/mol. The van der Waals surface area contributed by atoms with E-state index in [0.29, 0.717) is 32.9 Å². The number of methoxy groups -OCH3 is 2. The van der Waals surface area contributed by atoms with Gasteiger partial charge in [-0.3, -0.25) is 9.59 Å². The maximum Gasteiger partial charge on any atom is 0.261 e. The van der Waals surface area contributed by atoms with Gasteiger partial charge in [-0.1, -0.05) is 48.5 Å². The van der Waals surface area contributed by atoms with Gasteiger partial charge >= 0.3 is 0 Å². The number of hydrogen-bond acceptors (Lipinski definition) is 5. The Labute approximate surface area is 216 Å². The number of nitrogens with zero attached hydrogens (tertiary/aromatic N) is 1. The molecule has 0 spiro atoms. The van der Waals surface area contributed by atoms with Crippen molar-refractivity contribution in [2.24, 2.45) is 0 Å². The van der Waals surface area contributed by atoms with Crippen LogP contribution in [0.15, 0.2) is 36.4 Å². The minimum atomic E-state index is -0.750. The summed E-state index contributed by atoms with van der Waals surface area (Å²) in [5, 5.41) is 3.95. The molecule has 1 atom stereocenters. The Bertz CT molecular complexity index is 984. The van der Waals surface area contributed by atoms with E-state index in [1.807, 2.05) is 0 Å². The zero-order valence-corrected chi connectivity index (χ0v) is 21.8. The van der Waals surface area contributed by atoms with Crippen LogP contribution in [0.3, 0.4) is 0 Å². The molecule has 0 aromatic heterocycles. The molecule has 0 aliphatic heterocycles. The third-order valence-electron chi connectivity index (χ3n) is 6.20. The van der Waals surface area contributed by atoms with Crippen LogP contribution in [0.25, 0.3) is 0 Å².